The van der Waals surface area contributed by atoms with Gasteiger partial charge < -0.3 is 14.2 Å². The van der Waals surface area contributed by atoms with Gasteiger partial charge in [0.25, 0.3) is 5.91 Å². The van der Waals surface area contributed by atoms with Gasteiger partial charge in [0.1, 0.15) is 17.5 Å². The lowest BCUT2D eigenvalue weighted by atomic mass is 10.1. The van der Waals surface area contributed by atoms with Crippen molar-refractivity contribution in [1.29, 1.82) is 0 Å². The molecule has 1 amide bonds. The van der Waals surface area contributed by atoms with Crippen LogP contribution < -0.4 is 4.74 Å². The van der Waals surface area contributed by atoms with Gasteiger partial charge in [-0.1, -0.05) is 41.9 Å². The summed E-state index contributed by atoms with van der Waals surface area (Å²) in [5.74, 6) is 0.940. The van der Waals surface area contributed by atoms with E-state index in [2.05, 4.69) is 32.0 Å². The molecule has 1 fully saturated rings. The number of ether oxygens (including phenoxy) is 1. The molecule has 0 radical (unpaired) electrons. The number of hydrogen-bond donors (Lipinski definition) is 0. The Morgan fingerprint density at radius 3 is 2.54 bits per heavy atom. The van der Waals surface area contributed by atoms with Crippen LogP contribution >= 0.6 is 11.6 Å². The van der Waals surface area contributed by atoms with Crippen LogP contribution in [0.2, 0.25) is 5.02 Å². The van der Waals surface area contributed by atoms with Crippen molar-refractivity contribution in [3.63, 3.8) is 0 Å². The van der Waals surface area contributed by atoms with Crippen molar-refractivity contribution < 1.29 is 9.53 Å². The van der Waals surface area contributed by atoms with Gasteiger partial charge in [-0.25, -0.2) is 0 Å². The first-order valence-corrected chi connectivity index (χ1v) is 10.1. The molecule has 5 heteroatoms. The SMILES string of the molecule is Cc1ccc(C)c(OC2CCN(C(=O)c3c(Cl)c4ccccc4n3C)CC2)c1. The van der Waals surface area contributed by atoms with Gasteiger partial charge in [-0.3, -0.25) is 4.79 Å². The Morgan fingerprint density at radius 1 is 1.11 bits per heavy atom. The minimum atomic E-state index is -0.00566. The highest BCUT2D eigenvalue weighted by atomic mass is 35.5. The van der Waals surface area contributed by atoms with E-state index in [0.29, 0.717) is 23.8 Å². The third-order valence-electron chi connectivity index (χ3n) is 5.61. The molecule has 0 bridgehead atoms. The van der Waals surface area contributed by atoms with E-state index in [1.165, 1.54) is 5.56 Å². The quantitative estimate of drug-likeness (QED) is 0.614. The number of para-hydroxylation sites is 1. The van der Waals surface area contributed by atoms with Crippen LogP contribution in [0.4, 0.5) is 0 Å². The molecule has 146 valence electrons. The van der Waals surface area contributed by atoms with Gasteiger partial charge in [-0.2, -0.15) is 0 Å². The zero-order valence-corrected chi connectivity index (χ0v) is 17.3. The minimum Gasteiger partial charge on any atom is -0.490 e. The second-order valence-electron chi connectivity index (χ2n) is 7.62. The largest absolute Gasteiger partial charge is 0.490 e. The fraction of sp³-hybridized carbons (Fsp3) is 0.348. The van der Waals surface area contributed by atoms with Crippen LogP contribution in [0.15, 0.2) is 42.5 Å². The third-order valence-corrected chi connectivity index (χ3v) is 6.00. The highest BCUT2D eigenvalue weighted by Crippen LogP contribution is 2.31. The number of piperidine rings is 1. The topological polar surface area (TPSA) is 34.5 Å². The molecule has 3 aromatic rings. The van der Waals surface area contributed by atoms with Crippen molar-refractivity contribution in [2.75, 3.05) is 13.1 Å². The zero-order valence-electron chi connectivity index (χ0n) is 16.5. The summed E-state index contributed by atoms with van der Waals surface area (Å²) < 4.78 is 8.13. The molecule has 0 N–H and O–H groups in total. The predicted octanol–water partition coefficient (Wildman–Crippen LogP) is 5.13. The summed E-state index contributed by atoms with van der Waals surface area (Å²) >= 11 is 6.55. The number of hydrogen-bond acceptors (Lipinski definition) is 2. The van der Waals surface area contributed by atoms with Crippen LogP contribution in [0, 0.1) is 13.8 Å². The van der Waals surface area contributed by atoms with Crippen molar-refractivity contribution in [2.24, 2.45) is 7.05 Å². The molecule has 1 aliphatic heterocycles. The molecule has 1 aromatic heterocycles. The van der Waals surface area contributed by atoms with Gasteiger partial charge in [0.05, 0.1) is 5.02 Å². The Morgan fingerprint density at radius 2 is 1.82 bits per heavy atom. The number of fused-ring (bicyclic) bond motifs is 1. The fourth-order valence-corrected chi connectivity index (χ4v) is 4.29. The fourth-order valence-electron chi connectivity index (χ4n) is 3.92. The predicted molar refractivity (Wildman–Crippen MR) is 113 cm³/mol. The van der Waals surface area contributed by atoms with E-state index in [1.807, 2.05) is 40.8 Å². The summed E-state index contributed by atoms with van der Waals surface area (Å²) in [4.78, 5) is 15.0. The number of aromatic nitrogens is 1. The van der Waals surface area contributed by atoms with Crippen molar-refractivity contribution >= 4 is 28.4 Å². The first kappa shape index (κ1) is 18.9. The number of aryl methyl sites for hydroxylation is 3. The minimum absolute atomic E-state index is 0.00566. The maximum absolute atomic E-state index is 13.2. The number of halogens is 1. The lowest BCUT2D eigenvalue weighted by molar-refractivity contribution is 0.0586. The molecule has 0 unspecified atom stereocenters. The Hall–Kier alpha value is -2.46. The van der Waals surface area contributed by atoms with E-state index >= 15 is 0 Å². The van der Waals surface area contributed by atoms with Gasteiger partial charge >= 0.3 is 0 Å². The zero-order chi connectivity index (χ0) is 19.8. The van der Waals surface area contributed by atoms with Crippen molar-refractivity contribution in [3.8, 4) is 5.75 Å². The molecule has 1 aliphatic rings. The molecule has 2 heterocycles. The monoisotopic (exact) mass is 396 g/mol. The van der Waals surface area contributed by atoms with Crippen molar-refractivity contribution in [2.45, 2.75) is 32.8 Å². The molecule has 0 spiro atoms. The average Bonchev–Trinajstić information content (AvgIpc) is 2.96. The molecule has 4 nitrogen and oxygen atoms in total. The van der Waals surface area contributed by atoms with E-state index in [0.717, 1.165) is 35.1 Å². The van der Waals surface area contributed by atoms with Crippen LogP contribution in [0.3, 0.4) is 0 Å². The molecule has 28 heavy (non-hydrogen) atoms. The summed E-state index contributed by atoms with van der Waals surface area (Å²) in [6.07, 6.45) is 1.77. The van der Waals surface area contributed by atoms with Crippen LogP contribution in [-0.2, 0) is 7.05 Å². The van der Waals surface area contributed by atoms with E-state index in [1.54, 1.807) is 0 Å². The Labute approximate surface area is 170 Å². The van der Waals surface area contributed by atoms with Gasteiger partial charge in [0.15, 0.2) is 0 Å². The molecule has 1 saturated heterocycles. The number of carbonyl (C=O) groups excluding carboxylic acids is 1. The Kier molecular flexibility index (Phi) is 5.07. The van der Waals surface area contributed by atoms with Crippen LogP contribution in [0.25, 0.3) is 10.9 Å². The highest BCUT2D eigenvalue weighted by molar-refractivity contribution is 6.38. The standard InChI is InChI=1S/C23H25ClN2O2/c1-15-8-9-16(2)20(14-15)28-17-10-12-26(13-11-17)23(27)22-21(24)18-6-4-5-7-19(18)25(22)3/h4-9,14,17H,10-13H2,1-3H3. The lowest BCUT2D eigenvalue weighted by Crippen LogP contribution is -2.42. The molecule has 0 saturated carbocycles. The summed E-state index contributed by atoms with van der Waals surface area (Å²) in [7, 11) is 1.90. The van der Waals surface area contributed by atoms with Gasteiger partial charge in [-0.05, 0) is 37.1 Å². The second kappa shape index (κ2) is 7.51. The maximum atomic E-state index is 13.2. The number of nitrogens with zero attached hydrogens (tertiary/aromatic N) is 2. The first-order chi connectivity index (χ1) is 13.5. The summed E-state index contributed by atoms with van der Waals surface area (Å²) in [5, 5.41) is 1.46. The van der Waals surface area contributed by atoms with Crippen molar-refractivity contribution in [3.05, 3.63) is 64.3 Å². The third kappa shape index (κ3) is 3.37. The van der Waals surface area contributed by atoms with E-state index in [-0.39, 0.29) is 12.0 Å². The molecule has 2 aromatic carbocycles. The summed E-state index contributed by atoms with van der Waals surface area (Å²) in [6, 6.07) is 14.1. The lowest BCUT2D eigenvalue weighted by Gasteiger charge is -2.32. The number of carbonyl (C=O) groups is 1. The summed E-state index contributed by atoms with van der Waals surface area (Å²) in [5.41, 5.74) is 3.88. The second-order valence-corrected chi connectivity index (χ2v) is 8.00. The Balaban J connectivity index is 1.47. The number of likely N-dealkylation sites (tertiary alicyclic amines) is 1. The molecule has 0 aliphatic carbocycles. The summed E-state index contributed by atoms with van der Waals surface area (Å²) in [6.45, 7) is 5.48. The van der Waals surface area contributed by atoms with E-state index < -0.39 is 0 Å². The normalized spacial score (nSPS) is 15.2. The van der Waals surface area contributed by atoms with Gasteiger partial charge in [0.2, 0.25) is 0 Å². The van der Waals surface area contributed by atoms with Crippen LogP contribution in [0.5, 0.6) is 5.75 Å². The molecular formula is C23H25ClN2O2. The molecule has 4 rings (SSSR count). The first-order valence-electron chi connectivity index (χ1n) is 9.72. The molecule has 0 atom stereocenters. The number of benzene rings is 2. The van der Waals surface area contributed by atoms with Gasteiger partial charge in [-0.15, -0.1) is 0 Å². The maximum Gasteiger partial charge on any atom is 0.272 e. The smallest absolute Gasteiger partial charge is 0.272 e. The number of rotatable bonds is 3. The average molecular weight is 397 g/mol. The molecular weight excluding hydrogens is 372 g/mol. The van der Waals surface area contributed by atoms with Crippen LogP contribution in [-0.4, -0.2) is 34.6 Å². The van der Waals surface area contributed by atoms with Crippen molar-refractivity contribution in [1.82, 2.24) is 9.47 Å². The highest BCUT2D eigenvalue weighted by Gasteiger charge is 2.29. The Bertz CT molecular complexity index is 994. The van der Waals surface area contributed by atoms with E-state index in [4.69, 9.17) is 16.3 Å². The van der Waals surface area contributed by atoms with E-state index in [9.17, 15) is 4.79 Å². The van der Waals surface area contributed by atoms with Gasteiger partial charge in [0, 0.05) is 43.9 Å². The van der Waals surface area contributed by atoms with Crippen LogP contribution in [0.1, 0.15) is 34.5 Å². The number of amides is 1.